The average molecular weight is 645 g/mol. The summed E-state index contributed by atoms with van der Waals surface area (Å²) in [5, 5.41) is 2.03. The fourth-order valence-corrected chi connectivity index (χ4v) is 8.53. The number of carbonyl (C=O) groups excluding carboxylic acids is 2. The van der Waals surface area contributed by atoms with Gasteiger partial charge in [-0.15, -0.1) is 0 Å². The van der Waals surface area contributed by atoms with Crippen LogP contribution in [0.25, 0.3) is 0 Å². The number of amidine groups is 1. The number of allylic oxidation sites excluding steroid dienone is 1. The van der Waals surface area contributed by atoms with Crippen LogP contribution in [0.2, 0.25) is 10.0 Å². The van der Waals surface area contributed by atoms with E-state index in [1.165, 1.54) is 16.7 Å². The highest BCUT2D eigenvalue weighted by molar-refractivity contribution is 8.18. The second-order valence-electron chi connectivity index (χ2n) is 12.4. The molecular weight excluding hydrogens is 608 g/mol. The Balaban J connectivity index is 1.40. The van der Waals surface area contributed by atoms with E-state index in [1.807, 2.05) is 55.5 Å². The van der Waals surface area contributed by atoms with Crippen LogP contribution in [0, 0.1) is 5.92 Å². The molecular formula is C32H36Cl2FN5O2S. The largest absolute Gasteiger partial charge is 0.336 e. The molecule has 228 valence electrons. The number of nitrogens with zero attached hydrogens (tertiary/aromatic N) is 4. The standard InChI is InChI=1S/C32H36Cl2FN5O2S/c1-17(2)26-27(30(42)39-18(3)5-14-25(39)29(41)38-15-23(35)24(36)16-38)43-31-37-32(4,20-8-12-22(34)13-9-20)28(40(26)31)19-6-10-21(33)11-7-19/h6-13,17-18,23-25,28H,5,14-16,36H2,1-4H3/t18-,23+,24+,25+,28-,32+/m1/s1. The summed E-state index contributed by atoms with van der Waals surface area (Å²) in [5.41, 5.74) is 8.10. The van der Waals surface area contributed by atoms with Gasteiger partial charge in [0.15, 0.2) is 5.17 Å². The van der Waals surface area contributed by atoms with Gasteiger partial charge in [0.1, 0.15) is 22.7 Å². The van der Waals surface area contributed by atoms with Gasteiger partial charge < -0.3 is 20.4 Å². The first kappa shape index (κ1) is 30.4. The normalized spacial score (nSPS) is 30.5. The fourth-order valence-electron chi connectivity index (χ4n) is 6.93. The molecule has 11 heteroatoms. The third-order valence-corrected chi connectivity index (χ3v) is 10.7. The van der Waals surface area contributed by atoms with E-state index in [-0.39, 0.29) is 42.9 Å². The maximum atomic E-state index is 14.5. The number of thioether (sulfide) groups is 1. The molecule has 4 aliphatic rings. The molecule has 0 spiro atoms. The number of nitrogens with two attached hydrogens (primary N) is 1. The van der Waals surface area contributed by atoms with Crippen molar-refractivity contribution < 1.29 is 14.0 Å². The van der Waals surface area contributed by atoms with Gasteiger partial charge in [0.25, 0.3) is 5.91 Å². The van der Waals surface area contributed by atoms with Crippen LogP contribution in [0.4, 0.5) is 4.39 Å². The van der Waals surface area contributed by atoms with Crippen molar-refractivity contribution >= 4 is 51.9 Å². The van der Waals surface area contributed by atoms with Crippen LogP contribution in [0.15, 0.2) is 64.1 Å². The zero-order chi connectivity index (χ0) is 30.8. The van der Waals surface area contributed by atoms with Gasteiger partial charge in [0, 0.05) is 28.3 Å². The maximum absolute atomic E-state index is 14.5. The first-order valence-corrected chi connectivity index (χ1v) is 16.3. The molecule has 0 aliphatic carbocycles. The summed E-state index contributed by atoms with van der Waals surface area (Å²) in [6.07, 6.45) is -0.0174. The van der Waals surface area contributed by atoms with Crippen LogP contribution in [0.3, 0.4) is 0 Å². The van der Waals surface area contributed by atoms with Gasteiger partial charge >= 0.3 is 0 Å². The zero-order valence-electron chi connectivity index (χ0n) is 24.6. The lowest BCUT2D eigenvalue weighted by molar-refractivity contribution is -0.142. The van der Waals surface area contributed by atoms with E-state index in [2.05, 4.69) is 25.7 Å². The third-order valence-electron chi connectivity index (χ3n) is 9.16. The summed E-state index contributed by atoms with van der Waals surface area (Å²) in [6, 6.07) is 13.8. The van der Waals surface area contributed by atoms with Crippen LogP contribution in [0.5, 0.6) is 0 Å². The topological polar surface area (TPSA) is 82.2 Å². The van der Waals surface area contributed by atoms with Gasteiger partial charge in [0.2, 0.25) is 5.91 Å². The number of carbonyl (C=O) groups is 2. The van der Waals surface area contributed by atoms with Gasteiger partial charge in [-0.05, 0) is 79.8 Å². The molecule has 2 saturated heterocycles. The number of alkyl halides is 1. The number of hydrogen-bond donors (Lipinski definition) is 1. The Morgan fingerprint density at radius 3 is 2.26 bits per heavy atom. The Hall–Kier alpha value is -2.59. The Morgan fingerprint density at radius 1 is 1.05 bits per heavy atom. The van der Waals surface area contributed by atoms with Crippen molar-refractivity contribution in [1.82, 2.24) is 14.7 Å². The fraction of sp³-hybridized carbons (Fsp3) is 0.469. The predicted octanol–water partition coefficient (Wildman–Crippen LogP) is 6.12. The summed E-state index contributed by atoms with van der Waals surface area (Å²) < 4.78 is 14.2. The van der Waals surface area contributed by atoms with Crippen LogP contribution < -0.4 is 5.73 Å². The van der Waals surface area contributed by atoms with Crippen molar-refractivity contribution in [3.63, 3.8) is 0 Å². The van der Waals surface area contributed by atoms with Gasteiger partial charge in [-0.1, -0.05) is 61.3 Å². The molecule has 7 nitrogen and oxygen atoms in total. The van der Waals surface area contributed by atoms with Crippen LogP contribution in [0.1, 0.15) is 57.7 Å². The Kier molecular flexibility index (Phi) is 8.07. The Morgan fingerprint density at radius 2 is 1.67 bits per heavy atom. The smallest absolute Gasteiger partial charge is 0.263 e. The Bertz CT molecular complexity index is 1490. The number of rotatable bonds is 5. The zero-order valence-corrected chi connectivity index (χ0v) is 27.0. The lowest BCUT2D eigenvalue weighted by atomic mass is 9.81. The molecule has 2 aromatic carbocycles. The molecule has 2 fully saturated rings. The van der Waals surface area contributed by atoms with Gasteiger partial charge in [-0.2, -0.15) is 0 Å². The second kappa shape index (κ2) is 11.4. The molecule has 0 saturated carbocycles. The van der Waals surface area contributed by atoms with E-state index < -0.39 is 23.8 Å². The number of halogens is 3. The number of benzene rings is 2. The summed E-state index contributed by atoms with van der Waals surface area (Å²) in [7, 11) is 0. The molecule has 0 aromatic heterocycles. The minimum absolute atomic E-state index is 0.0162. The van der Waals surface area contributed by atoms with Gasteiger partial charge in [0.05, 0.1) is 18.6 Å². The van der Waals surface area contributed by atoms with Crippen molar-refractivity contribution in [1.29, 1.82) is 0 Å². The molecule has 6 rings (SSSR count). The number of amides is 2. The SMILES string of the molecule is CC(C)C1=C(C(=O)N2[C@H](C)CC[C@H]2C(=O)N2C[C@H](N)[C@@H](F)C2)SC2=N[C@@](C)(c3ccc(Cl)cc3)[C@@H](c3ccc(Cl)cc3)N21. The monoisotopic (exact) mass is 643 g/mol. The second-order valence-corrected chi connectivity index (χ2v) is 14.3. The first-order valence-electron chi connectivity index (χ1n) is 14.7. The highest BCUT2D eigenvalue weighted by atomic mass is 35.5. The highest BCUT2D eigenvalue weighted by Gasteiger charge is 2.54. The maximum Gasteiger partial charge on any atom is 0.263 e. The molecule has 4 aliphatic heterocycles. The van der Waals surface area contributed by atoms with Gasteiger partial charge in [-0.25, -0.2) is 9.38 Å². The first-order chi connectivity index (χ1) is 20.4. The molecule has 43 heavy (non-hydrogen) atoms. The lowest BCUT2D eigenvalue weighted by Gasteiger charge is -2.37. The van der Waals surface area contributed by atoms with E-state index in [0.29, 0.717) is 27.8 Å². The molecule has 2 aromatic rings. The number of likely N-dealkylation sites (tertiary alicyclic amines) is 2. The summed E-state index contributed by atoms with van der Waals surface area (Å²) in [5.74, 6) is -0.426. The number of fused-ring (bicyclic) bond motifs is 1. The van der Waals surface area contributed by atoms with Crippen LogP contribution >= 0.6 is 35.0 Å². The molecule has 0 bridgehead atoms. The quantitative estimate of drug-likeness (QED) is 0.424. The van der Waals surface area contributed by atoms with Crippen molar-refractivity contribution in [3.8, 4) is 0 Å². The van der Waals surface area contributed by atoms with E-state index in [9.17, 15) is 14.0 Å². The Labute approximate surface area is 266 Å². The number of hydrogen-bond acceptors (Lipinski definition) is 6. The summed E-state index contributed by atoms with van der Waals surface area (Å²) in [6.45, 7) is 8.37. The highest BCUT2D eigenvalue weighted by Crippen LogP contribution is 2.56. The van der Waals surface area contributed by atoms with Crippen LogP contribution in [-0.2, 0) is 15.1 Å². The third kappa shape index (κ3) is 5.16. The molecule has 6 atom stereocenters. The van der Waals surface area contributed by atoms with Gasteiger partial charge in [-0.3, -0.25) is 9.59 Å². The van der Waals surface area contributed by atoms with E-state index in [4.69, 9.17) is 33.9 Å². The van der Waals surface area contributed by atoms with Crippen LogP contribution in [-0.4, -0.2) is 69.1 Å². The average Bonchev–Trinajstić information content (AvgIpc) is 3.70. The predicted molar refractivity (Wildman–Crippen MR) is 171 cm³/mol. The molecule has 0 unspecified atom stereocenters. The van der Waals surface area contributed by atoms with Crippen molar-refractivity contribution in [2.45, 2.75) is 76.4 Å². The van der Waals surface area contributed by atoms with E-state index >= 15 is 0 Å². The molecule has 4 heterocycles. The van der Waals surface area contributed by atoms with Crippen molar-refractivity contribution in [2.75, 3.05) is 13.1 Å². The van der Waals surface area contributed by atoms with Crippen molar-refractivity contribution in [2.24, 2.45) is 16.6 Å². The summed E-state index contributed by atoms with van der Waals surface area (Å²) in [4.78, 5) is 39.3. The molecule has 0 radical (unpaired) electrons. The summed E-state index contributed by atoms with van der Waals surface area (Å²) >= 11 is 13.9. The molecule has 2 N–H and O–H groups in total. The molecule has 2 amide bonds. The lowest BCUT2D eigenvalue weighted by Crippen LogP contribution is -2.50. The van der Waals surface area contributed by atoms with Crippen molar-refractivity contribution in [3.05, 3.63) is 80.3 Å². The minimum atomic E-state index is -1.25. The minimum Gasteiger partial charge on any atom is -0.336 e. The number of aliphatic imine (C=N–C) groups is 1. The van der Waals surface area contributed by atoms with E-state index in [1.54, 1.807) is 4.90 Å². The van der Waals surface area contributed by atoms with E-state index in [0.717, 1.165) is 22.0 Å².